The molecule has 3 N–H and O–H groups in total. The number of amides is 1. The van der Waals surface area contributed by atoms with E-state index in [1.54, 1.807) is 11.3 Å². The summed E-state index contributed by atoms with van der Waals surface area (Å²) in [6.45, 7) is 3.00. The molecule has 6 nitrogen and oxygen atoms in total. The maximum Gasteiger partial charge on any atom is 0.286 e. The lowest BCUT2D eigenvalue weighted by Gasteiger charge is -2.27. The first kappa shape index (κ1) is 11.9. The van der Waals surface area contributed by atoms with Gasteiger partial charge in [0.1, 0.15) is 5.00 Å². The minimum Gasteiger partial charge on any atom is -0.378 e. The number of hydrazine groups is 1. The van der Waals surface area contributed by atoms with Crippen LogP contribution in [0.3, 0.4) is 0 Å². The molecule has 2 fully saturated rings. The number of nitrogen functional groups attached to an aromatic ring is 1. The number of hydrogen-bond acceptors (Lipinski definition) is 6. The Balaban J connectivity index is 1.91. The van der Waals surface area contributed by atoms with Crippen molar-refractivity contribution in [3.8, 4) is 0 Å². The molecule has 0 aromatic carbocycles. The number of aromatic nitrogens is 1. The van der Waals surface area contributed by atoms with E-state index in [9.17, 15) is 4.79 Å². The average Bonchev–Trinajstić information content (AvgIpc) is 3.18. The summed E-state index contributed by atoms with van der Waals surface area (Å²) in [6, 6.07) is 0. The second-order valence-corrected chi connectivity index (χ2v) is 5.56. The van der Waals surface area contributed by atoms with Crippen LogP contribution in [0, 0.1) is 0 Å². The second-order valence-electron chi connectivity index (χ2n) is 4.55. The zero-order chi connectivity index (χ0) is 12.5. The Labute approximate surface area is 109 Å². The van der Waals surface area contributed by atoms with Gasteiger partial charge in [-0.2, -0.15) is 0 Å². The standard InChI is InChI=1S/C11H16N4O2S/c12-14-9(16)8-11(15-3-5-17-6-4-15)18-10(13-8)7-1-2-7/h7H,1-6,12H2,(H,14,16). The molecule has 3 rings (SSSR count). The Morgan fingerprint density at radius 2 is 2.17 bits per heavy atom. The van der Waals surface area contributed by atoms with E-state index in [0.29, 0.717) is 24.8 Å². The summed E-state index contributed by atoms with van der Waals surface area (Å²) >= 11 is 1.62. The summed E-state index contributed by atoms with van der Waals surface area (Å²) in [4.78, 5) is 18.4. The van der Waals surface area contributed by atoms with Crippen LogP contribution in [-0.2, 0) is 4.74 Å². The van der Waals surface area contributed by atoms with Crippen molar-refractivity contribution in [2.45, 2.75) is 18.8 Å². The van der Waals surface area contributed by atoms with E-state index >= 15 is 0 Å². The molecule has 1 aliphatic carbocycles. The van der Waals surface area contributed by atoms with Gasteiger partial charge in [0.15, 0.2) is 5.69 Å². The number of nitrogens with one attached hydrogen (secondary N) is 1. The summed E-state index contributed by atoms with van der Waals surface area (Å²) in [6.07, 6.45) is 2.36. The lowest BCUT2D eigenvalue weighted by Crippen LogP contribution is -2.38. The number of carbonyl (C=O) groups is 1. The first-order valence-electron chi connectivity index (χ1n) is 6.14. The minimum absolute atomic E-state index is 0.306. The Morgan fingerprint density at radius 3 is 2.78 bits per heavy atom. The minimum atomic E-state index is -0.306. The molecule has 2 aliphatic rings. The average molecular weight is 268 g/mol. The number of nitrogens with zero attached hydrogens (tertiary/aromatic N) is 2. The molecular formula is C11H16N4O2S. The van der Waals surface area contributed by atoms with E-state index in [1.807, 2.05) is 0 Å². The van der Waals surface area contributed by atoms with Crippen molar-refractivity contribution in [3.63, 3.8) is 0 Å². The molecule has 0 spiro atoms. The number of rotatable bonds is 3. The van der Waals surface area contributed by atoms with Crippen LogP contribution >= 0.6 is 11.3 Å². The Morgan fingerprint density at radius 1 is 1.44 bits per heavy atom. The van der Waals surface area contributed by atoms with Crippen molar-refractivity contribution >= 4 is 22.2 Å². The molecular weight excluding hydrogens is 252 g/mol. The third kappa shape index (κ3) is 2.21. The van der Waals surface area contributed by atoms with Crippen LogP contribution in [0.4, 0.5) is 5.00 Å². The Kier molecular flexibility index (Phi) is 3.19. The summed E-state index contributed by atoms with van der Waals surface area (Å²) < 4.78 is 5.33. The highest BCUT2D eigenvalue weighted by Crippen LogP contribution is 2.44. The highest BCUT2D eigenvalue weighted by atomic mass is 32.1. The largest absolute Gasteiger partial charge is 0.378 e. The number of ether oxygens (including phenoxy) is 1. The van der Waals surface area contributed by atoms with Crippen LogP contribution < -0.4 is 16.2 Å². The van der Waals surface area contributed by atoms with Crippen molar-refractivity contribution in [1.82, 2.24) is 10.4 Å². The summed E-state index contributed by atoms with van der Waals surface area (Å²) in [5.74, 6) is 5.47. The fraction of sp³-hybridized carbons (Fsp3) is 0.636. The SMILES string of the molecule is NNC(=O)c1nc(C2CC2)sc1N1CCOCC1. The molecule has 0 unspecified atom stereocenters. The molecule has 1 saturated carbocycles. The molecule has 2 heterocycles. The lowest BCUT2D eigenvalue weighted by molar-refractivity contribution is 0.0948. The van der Waals surface area contributed by atoms with Crippen LogP contribution in [0.25, 0.3) is 0 Å². The highest BCUT2D eigenvalue weighted by Gasteiger charge is 2.31. The van der Waals surface area contributed by atoms with Gasteiger partial charge < -0.3 is 9.64 Å². The molecule has 7 heteroatoms. The molecule has 1 aromatic rings. The molecule has 0 radical (unpaired) electrons. The van der Waals surface area contributed by atoms with Gasteiger partial charge in [-0.15, -0.1) is 11.3 Å². The van der Waals surface area contributed by atoms with Crippen LogP contribution in [-0.4, -0.2) is 37.2 Å². The number of anilines is 1. The monoisotopic (exact) mass is 268 g/mol. The zero-order valence-corrected chi connectivity index (χ0v) is 10.8. The van der Waals surface area contributed by atoms with Gasteiger partial charge in [-0.1, -0.05) is 0 Å². The van der Waals surface area contributed by atoms with Gasteiger partial charge in [-0.25, -0.2) is 10.8 Å². The maximum absolute atomic E-state index is 11.8. The van der Waals surface area contributed by atoms with Gasteiger partial charge in [-0.05, 0) is 12.8 Å². The Hall–Kier alpha value is -1.18. The predicted octanol–water partition coefficient (Wildman–Crippen LogP) is 0.461. The van der Waals surface area contributed by atoms with Gasteiger partial charge in [-0.3, -0.25) is 10.2 Å². The van der Waals surface area contributed by atoms with E-state index in [-0.39, 0.29) is 5.91 Å². The van der Waals surface area contributed by atoms with Gasteiger partial charge in [0, 0.05) is 19.0 Å². The summed E-state index contributed by atoms with van der Waals surface area (Å²) in [5.41, 5.74) is 2.64. The van der Waals surface area contributed by atoms with Crippen LogP contribution in [0.15, 0.2) is 0 Å². The number of nitrogens with two attached hydrogens (primary N) is 1. The molecule has 18 heavy (non-hydrogen) atoms. The number of thiazole rings is 1. The quantitative estimate of drug-likeness (QED) is 0.473. The summed E-state index contributed by atoms with van der Waals surface area (Å²) in [7, 11) is 0. The van der Waals surface area contributed by atoms with E-state index < -0.39 is 0 Å². The van der Waals surface area contributed by atoms with Crippen LogP contribution in [0.2, 0.25) is 0 Å². The predicted molar refractivity (Wildman–Crippen MR) is 68.8 cm³/mol. The third-order valence-corrected chi connectivity index (χ3v) is 4.48. The number of morpholine rings is 1. The smallest absolute Gasteiger partial charge is 0.286 e. The van der Waals surface area contributed by atoms with Crippen molar-refractivity contribution in [2.24, 2.45) is 5.84 Å². The van der Waals surface area contributed by atoms with Crippen LogP contribution in [0.1, 0.15) is 34.3 Å². The van der Waals surface area contributed by atoms with Crippen molar-refractivity contribution in [1.29, 1.82) is 0 Å². The molecule has 1 amide bonds. The molecule has 98 valence electrons. The lowest BCUT2D eigenvalue weighted by atomic mass is 10.3. The van der Waals surface area contributed by atoms with Gasteiger partial charge >= 0.3 is 0 Å². The third-order valence-electron chi connectivity index (χ3n) is 3.20. The van der Waals surface area contributed by atoms with Crippen LogP contribution in [0.5, 0.6) is 0 Å². The zero-order valence-electron chi connectivity index (χ0n) is 10.0. The highest BCUT2D eigenvalue weighted by molar-refractivity contribution is 7.16. The maximum atomic E-state index is 11.8. The Bertz CT molecular complexity index is 452. The molecule has 1 saturated heterocycles. The van der Waals surface area contributed by atoms with E-state index in [4.69, 9.17) is 10.6 Å². The topological polar surface area (TPSA) is 80.5 Å². The van der Waals surface area contributed by atoms with Crippen molar-refractivity contribution < 1.29 is 9.53 Å². The molecule has 1 aromatic heterocycles. The number of hydrogen-bond donors (Lipinski definition) is 2. The fourth-order valence-corrected chi connectivity index (χ4v) is 3.31. The van der Waals surface area contributed by atoms with Crippen molar-refractivity contribution in [2.75, 3.05) is 31.2 Å². The number of carbonyl (C=O) groups excluding carboxylic acids is 1. The van der Waals surface area contributed by atoms with E-state index in [0.717, 1.165) is 23.1 Å². The molecule has 1 aliphatic heterocycles. The molecule has 0 bridgehead atoms. The first-order valence-corrected chi connectivity index (χ1v) is 6.95. The van der Waals surface area contributed by atoms with Gasteiger partial charge in [0.2, 0.25) is 0 Å². The van der Waals surface area contributed by atoms with Gasteiger partial charge in [0.25, 0.3) is 5.91 Å². The second kappa shape index (κ2) is 4.83. The van der Waals surface area contributed by atoms with Gasteiger partial charge in [0.05, 0.1) is 18.2 Å². The fourth-order valence-electron chi connectivity index (χ4n) is 2.03. The van der Waals surface area contributed by atoms with Crippen molar-refractivity contribution in [3.05, 3.63) is 10.7 Å². The molecule has 0 atom stereocenters. The first-order chi connectivity index (χ1) is 8.79. The van der Waals surface area contributed by atoms with E-state index in [1.165, 1.54) is 12.8 Å². The summed E-state index contributed by atoms with van der Waals surface area (Å²) in [5, 5.41) is 2.00. The van der Waals surface area contributed by atoms with E-state index in [2.05, 4.69) is 15.3 Å². The normalized spacial score (nSPS) is 19.9.